The second-order valence-electron chi connectivity index (χ2n) is 14.6. The van der Waals surface area contributed by atoms with Crippen LogP contribution in [0.1, 0.15) is 75.3 Å². The first kappa shape index (κ1) is 38.0. The Morgan fingerprint density at radius 3 is 2.41 bits per heavy atom. The fourth-order valence-corrected chi connectivity index (χ4v) is 7.36. The average Bonchev–Trinajstić information content (AvgIpc) is 3.36. The number of aromatic nitrogens is 1. The number of alkyl carbamates (subject to hydrolysis) is 1. The molecule has 2 heterocycles. The van der Waals surface area contributed by atoms with Gasteiger partial charge < -0.3 is 34.5 Å². The summed E-state index contributed by atoms with van der Waals surface area (Å²) < 4.78 is 22.7. The van der Waals surface area contributed by atoms with Crippen LogP contribution >= 0.6 is 15.9 Å². The van der Waals surface area contributed by atoms with Gasteiger partial charge in [0.2, 0.25) is 11.8 Å². The maximum Gasteiger partial charge on any atom is 0.408 e. The SMILES string of the molecule is C=C[C@@H]1C[C@]1(NC(=O)[C@@H]1C[C@@H](Oc2cc(C(=O)CBr)nc3c(C)c(OC)ccc23)CN1C(=O)[C@@H](NC(=O)OC1CCCC1)C(C)(C)C)C(=O)OC. The molecule has 51 heavy (non-hydrogen) atoms. The first-order chi connectivity index (χ1) is 24.2. The molecule has 0 unspecified atom stereocenters. The molecule has 2 aromatic rings. The average molecular weight is 772 g/mol. The zero-order valence-corrected chi connectivity index (χ0v) is 31.6. The van der Waals surface area contributed by atoms with Gasteiger partial charge in [0, 0.05) is 29.4 Å². The van der Waals surface area contributed by atoms with Crippen molar-refractivity contribution in [1.29, 1.82) is 0 Å². The minimum atomic E-state index is -1.29. The first-order valence-electron chi connectivity index (χ1n) is 17.2. The molecule has 0 bridgehead atoms. The van der Waals surface area contributed by atoms with Gasteiger partial charge in [-0.15, -0.1) is 6.58 Å². The van der Waals surface area contributed by atoms with Crippen molar-refractivity contribution in [3.05, 3.63) is 42.1 Å². The van der Waals surface area contributed by atoms with Crippen LogP contribution < -0.4 is 20.1 Å². The normalized spacial score (nSPS) is 23.7. The summed E-state index contributed by atoms with van der Waals surface area (Å²) >= 11 is 3.23. The molecular formula is C37H47BrN4O9. The van der Waals surface area contributed by atoms with Gasteiger partial charge in [0.1, 0.15) is 47.0 Å². The molecule has 1 aromatic heterocycles. The van der Waals surface area contributed by atoms with Gasteiger partial charge in [-0.1, -0.05) is 42.8 Å². The number of methoxy groups -OCH3 is 2. The minimum absolute atomic E-state index is 0.0281. The Morgan fingerprint density at radius 2 is 1.82 bits per heavy atom. The Hall–Kier alpha value is -4.20. The van der Waals surface area contributed by atoms with E-state index >= 15 is 0 Å². The third-order valence-corrected chi connectivity index (χ3v) is 10.6. The van der Waals surface area contributed by atoms with E-state index < -0.39 is 53.0 Å². The third kappa shape index (κ3) is 7.85. The lowest BCUT2D eigenvalue weighted by molar-refractivity contribution is -0.148. The molecule has 2 saturated carbocycles. The summed E-state index contributed by atoms with van der Waals surface area (Å²) in [5.74, 6) is -1.35. The molecule has 0 radical (unpaired) electrons. The lowest BCUT2D eigenvalue weighted by Crippen LogP contribution is -2.59. The van der Waals surface area contributed by atoms with Crippen LogP contribution in [0, 0.1) is 18.3 Å². The number of carbonyl (C=O) groups excluding carboxylic acids is 5. The number of pyridine rings is 1. The molecule has 1 saturated heterocycles. The number of rotatable bonds is 12. The number of amides is 3. The van der Waals surface area contributed by atoms with E-state index in [1.165, 1.54) is 12.0 Å². The molecule has 0 spiro atoms. The molecule has 5 atom stereocenters. The van der Waals surface area contributed by atoms with Crippen LogP contribution in [-0.2, 0) is 23.9 Å². The number of Topliss-reactive ketones (excluding diaryl/α,β-unsaturated/α-hetero) is 1. The molecule has 5 rings (SSSR count). The van der Waals surface area contributed by atoms with Crippen molar-refractivity contribution in [3.63, 3.8) is 0 Å². The second-order valence-corrected chi connectivity index (χ2v) is 15.1. The van der Waals surface area contributed by atoms with Crippen LogP contribution in [0.3, 0.4) is 0 Å². The van der Waals surface area contributed by atoms with E-state index in [0.717, 1.165) is 25.7 Å². The Morgan fingerprint density at radius 1 is 1.12 bits per heavy atom. The van der Waals surface area contributed by atoms with Gasteiger partial charge in [-0.3, -0.25) is 14.4 Å². The second kappa shape index (κ2) is 15.2. The number of halogens is 1. The van der Waals surface area contributed by atoms with Crippen molar-refractivity contribution in [1.82, 2.24) is 20.5 Å². The monoisotopic (exact) mass is 770 g/mol. The summed E-state index contributed by atoms with van der Waals surface area (Å²) in [6.45, 7) is 11.0. The number of nitrogens with one attached hydrogen (secondary N) is 2. The van der Waals surface area contributed by atoms with Crippen molar-refractivity contribution < 1.29 is 42.9 Å². The number of nitrogens with zero attached hydrogens (tertiary/aromatic N) is 2. The molecule has 2 N–H and O–H groups in total. The number of esters is 1. The van der Waals surface area contributed by atoms with Gasteiger partial charge in [-0.05, 0) is 56.6 Å². The number of aryl methyl sites for hydroxylation is 1. The first-order valence-corrected chi connectivity index (χ1v) is 18.3. The Bertz CT molecular complexity index is 1720. The largest absolute Gasteiger partial charge is 0.496 e. The topological polar surface area (TPSA) is 162 Å². The Labute approximate surface area is 306 Å². The number of ether oxygens (including phenoxy) is 4. The van der Waals surface area contributed by atoms with Crippen LogP contribution in [0.5, 0.6) is 11.5 Å². The summed E-state index contributed by atoms with van der Waals surface area (Å²) in [6, 6.07) is 2.98. The highest BCUT2D eigenvalue weighted by Crippen LogP contribution is 2.46. The van der Waals surface area contributed by atoms with Gasteiger partial charge in [-0.25, -0.2) is 14.6 Å². The number of ketones is 1. The van der Waals surface area contributed by atoms with Gasteiger partial charge in [0.05, 0.1) is 31.6 Å². The number of benzene rings is 1. The molecule has 14 heteroatoms. The van der Waals surface area contributed by atoms with E-state index in [1.54, 1.807) is 31.4 Å². The summed E-state index contributed by atoms with van der Waals surface area (Å²) in [5, 5.41) is 6.30. The number of alkyl halides is 1. The molecular weight excluding hydrogens is 724 g/mol. The van der Waals surface area contributed by atoms with Crippen LogP contribution in [0.4, 0.5) is 4.79 Å². The number of fused-ring (bicyclic) bond motifs is 1. The van der Waals surface area contributed by atoms with Crippen LogP contribution in [0.2, 0.25) is 0 Å². The van der Waals surface area contributed by atoms with Gasteiger partial charge >= 0.3 is 12.1 Å². The molecule has 13 nitrogen and oxygen atoms in total. The van der Waals surface area contributed by atoms with Crippen LogP contribution in [0.15, 0.2) is 30.9 Å². The third-order valence-electron chi connectivity index (χ3n) is 10.1. The molecule has 276 valence electrons. The summed E-state index contributed by atoms with van der Waals surface area (Å²) in [5.41, 5.74) is -0.669. The Kier molecular flexibility index (Phi) is 11.3. The quantitative estimate of drug-likeness (QED) is 0.133. The number of hydrogen-bond donors (Lipinski definition) is 2. The van der Waals surface area contributed by atoms with E-state index in [0.29, 0.717) is 34.4 Å². The van der Waals surface area contributed by atoms with E-state index in [9.17, 15) is 24.0 Å². The van der Waals surface area contributed by atoms with Crippen molar-refractivity contribution in [2.75, 3.05) is 26.1 Å². The smallest absolute Gasteiger partial charge is 0.408 e. The van der Waals surface area contributed by atoms with Gasteiger partial charge in [0.15, 0.2) is 5.78 Å². The van der Waals surface area contributed by atoms with Crippen LogP contribution in [0.25, 0.3) is 10.9 Å². The molecule has 1 aromatic carbocycles. The lowest BCUT2D eigenvalue weighted by atomic mass is 9.85. The molecule has 1 aliphatic heterocycles. The predicted octanol–water partition coefficient (Wildman–Crippen LogP) is 4.80. The van der Waals surface area contributed by atoms with Crippen molar-refractivity contribution in [2.24, 2.45) is 11.3 Å². The number of hydrogen-bond acceptors (Lipinski definition) is 10. The highest BCUT2D eigenvalue weighted by atomic mass is 79.9. The van der Waals surface area contributed by atoms with Crippen molar-refractivity contribution in [3.8, 4) is 11.5 Å². The highest BCUT2D eigenvalue weighted by molar-refractivity contribution is 9.09. The fourth-order valence-electron chi connectivity index (χ4n) is 7.07. The summed E-state index contributed by atoms with van der Waals surface area (Å²) in [6.07, 6.45) is 3.79. The fraction of sp³-hybridized carbons (Fsp3) is 0.568. The highest BCUT2D eigenvalue weighted by Gasteiger charge is 2.62. The molecule has 3 aliphatic rings. The number of carbonyl (C=O) groups is 5. The van der Waals surface area contributed by atoms with E-state index in [2.05, 4.69) is 38.1 Å². The molecule has 2 aliphatic carbocycles. The molecule has 3 fully saturated rings. The lowest BCUT2D eigenvalue weighted by Gasteiger charge is -2.35. The zero-order valence-electron chi connectivity index (χ0n) is 30.0. The van der Waals surface area contributed by atoms with Crippen molar-refractivity contribution in [2.45, 2.75) is 96.1 Å². The summed E-state index contributed by atoms with van der Waals surface area (Å²) in [7, 11) is 2.80. The zero-order chi connectivity index (χ0) is 37.2. The predicted molar refractivity (Wildman–Crippen MR) is 192 cm³/mol. The maximum absolute atomic E-state index is 14.5. The maximum atomic E-state index is 14.5. The number of likely N-dealkylation sites (tertiary alicyclic amines) is 1. The van der Waals surface area contributed by atoms with E-state index in [1.807, 2.05) is 27.7 Å². The van der Waals surface area contributed by atoms with Crippen LogP contribution in [-0.4, -0.2) is 95.5 Å². The standard InChI is InChI=1S/C37H47BrN4O9/c1-8-21-17-37(21,34(46)49-7)41-32(44)26-15-23(19-42(26)33(45)31(36(3,4)5)40-35(47)51-22-11-9-10-12-22)50-29-16-25(27(43)18-38)39-30-20(2)28(48-6)14-13-24(29)30/h8,13-14,16,21-23,26,31H,1,9-12,15,17-19H2,2-7H3,(H,40,47)(H,41,44)/t21-,23-,26+,31-,37-/m1/s1. The van der Waals surface area contributed by atoms with Crippen molar-refractivity contribution >= 4 is 56.5 Å². The van der Waals surface area contributed by atoms with Gasteiger partial charge in [0.25, 0.3) is 0 Å². The van der Waals surface area contributed by atoms with E-state index in [4.69, 9.17) is 18.9 Å². The molecule has 3 amide bonds. The van der Waals surface area contributed by atoms with Gasteiger partial charge in [-0.2, -0.15) is 0 Å². The minimum Gasteiger partial charge on any atom is -0.496 e. The Balaban J connectivity index is 1.49. The summed E-state index contributed by atoms with van der Waals surface area (Å²) in [4.78, 5) is 73.4. The van der Waals surface area contributed by atoms with E-state index in [-0.39, 0.29) is 41.8 Å².